The monoisotopic (exact) mass is 266 g/mol. The van der Waals surface area contributed by atoms with Crippen LogP contribution >= 0.6 is 0 Å². The van der Waals surface area contributed by atoms with Crippen molar-refractivity contribution >= 4 is 0 Å². The molecule has 4 heteroatoms. The molecular weight excluding hydrogens is 236 g/mol. The van der Waals surface area contributed by atoms with Gasteiger partial charge in [0.2, 0.25) is 0 Å². The Bertz CT molecular complexity index is 418. The van der Waals surface area contributed by atoms with Crippen molar-refractivity contribution in [1.82, 2.24) is 20.0 Å². The Morgan fingerprint density at radius 2 is 1.89 bits per heavy atom. The summed E-state index contributed by atoms with van der Waals surface area (Å²) >= 11 is 0. The first-order valence-electron chi connectivity index (χ1n) is 7.02. The van der Waals surface area contributed by atoms with E-state index in [9.17, 15) is 0 Å². The molecule has 0 amide bonds. The number of nitrogens with one attached hydrogen (secondary N) is 1. The van der Waals surface area contributed by atoms with E-state index in [4.69, 9.17) is 0 Å². The topological polar surface area (TPSA) is 33.1 Å². The van der Waals surface area contributed by atoms with E-state index in [1.54, 1.807) is 0 Å². The summed E-state index contributed by atoms with van der Waals surface area (Å²) in [6.07, 6.45) is 0. The van der Waals surface area contributed by atoms with Gasteiger partial charge in [0, 0.05) is 37.4 Å². The van der Waals surface area contributed by atoms with Crippen molar-refractivity contribution in [1.29, 1.82) is 0 Å². The van der Waals surface area contributed by atoms with E-state index >= 15 is 0 Å². The molecule has 0 spiro atoms. The summed E-state index contributed by atoms with van der Waals surface area (Å²) in [5.74, 6) is 0. The Morgan fingerprint density at radius 3 is 2.32 bits per heavy atom. The van der Waals surface area contributed by atoms with Gasteiger partial charge in [-0.2, -0.15) is 5.10 Å². The minimum absolute atomic E-state index is 0.266. The quantitative estimate of drug-likeness (QED) is 0.857. The van der Waals surface area contributed by atoms with Crippen LogP contribution in [0.25, 0.3) is 0 Å². The third-order valence-corrected chi connectivity index (χ3v) is 3.63. The predicted octanol–water partition coefficient (Wildman–Crippen LogP) is 2.28. The molecule has 0 radical (unpaired) electrons. The highest BCUT2D eigenvalue weighted by Crippen LogP contribution is 2.22. The second-order valence-electron chi connectivity index (χ2n) is 6.71. The number of rotatable bonds is 6. The third-order valence-electron chi connectivity index (χ3n) is 3.63. The van der Waals surface area contributed by atoms with Gasteiger partial charge in [0.15, 0.2) is 0 Å². The van der Waals surface area contributed by atoms with Crippen LogP contribution in [0.5, 0.6) is 0 Å². The maximum Gasteiger partial charge on any atom is 0.0644 e. The highest BCUT2D eigenvalue weighted by molar-refractivity contribution is 5.27. The van der Waals surface area contributed by atoms with Gasteiger partial charge in [-0.3, -0.25) is 4.68 Å². The summed E-state index contributed by atoms with van der Waals surface area (Å²) in [5.41, 5.74) is 3.98. The fraction of sp³-hybridized carbons (Fsp3) is 0.800. The van der Waals surface area contributed by atoms with Crippen LogP contribution in [0.3, 0.4) is 0 Å². The van der Waals surface area contributed by atoms with Gasteiger partial charge in [0.25, 0.3) is 0 Å². The second kappa shape index (κ2) is 6.06. The Kier molecular flexibility index (Phi) is 5.16. The van der Waals surface area contributed by atoms with E-state index in [0.29, 0.717) is 6.04 Å². The average molecular weight is 266 g/mol. The lowest BCUT2D eigenvalue weighted by atomic mass is 9.92. The van der Waals surface area contributed by atoms with Gasteiger partial charge in [0.1, 0.15) is 0 Å². The summed E-state index contributed by atoms with van der Waals surface area (Å²) in [6.45, 7) is 13.1. The molecule has 4 nitrogen and oxygen atoms in total. The van der Waals surface area contributed by atoms with Crippen molar-refractivity contribution in [2.24, 2.45) is 12.5 Å². The summed E-state index contributed by atoms with van der Waals surface area (Å²) in [5, 5.41) is 8.15. The van der Waals surface area contributed by atoms with Crippen LogP contribution in [0, 0.1) is 19.3 Å². The normalized spacial score (nSPS) is 14.2. The van der Waals surface area contributed by atoms with Crippen LogP contribution in [-0.4, -0.2) is 41.9 Å². The molecule has 0 fully saturated rings. The number of nitrogens with zero attached hydrogens (tertiary/aromatic N) is 3. The molecule has 1 N–H and O–H groups in total. The first-order chi connectivity index (χ1) is 8.64. The summed E-state index contributed by atoms with van der Waals surface area (Å²) in [4.78, 5) is 2.24. The van der Waals surface area contributed by atoms with Crippen molar-refractivity contribution in [3.63, 3.8) is 0 Å². The molecule has 0 saturated carbocycles. The van der Waals surface area contributed by atoms with Crippen molar-refractivity contribution < 1.29 is 0 Å². The van der Waals surface area contributed by atoms with Crippen LogP contribution in [-0.2, 0) is 7.05 Å². The molecule has 0 aliphatic rings. The Balaban J connectivity index is 2.68. The molecule has 1 aromatic heterocycles. The first kappa shape index (κ1) is 16.2. The van der Waals surface area contributed by atoms with Crippen LogP contribution in [0.2, 0.25) is 0 Å². The number of hydrogen-bond donors (Lipinski definition) is 1. The van der Waals surface area contributed by atoms with Crippen molar-refractivity contribution in [2.75, 3.05) is 27.2 Å². The number of aryl methyl sites for hydroxylation is 2. The second-order valence-corrected chi connectivity index (χ2v) is 6.71. The minimum Gasteiger partial charge on any atom is -0.309 e. The maximum absolute atomic E-state index is 4.49. The van der Waals surface area contributed by atoms with Gasteiger partial charge >= 0.3 is 0 Å². The number of hydrogen-bond acceptors (Lipinski definition) is 3. The number of aromatic nitrogens is 2. The SMILES string of the molecule is Cc1nn(C)c(C)c1C(C)NCC(C)(C)CN(C)C. The van der Waals surface area contributed by atoms with Crippen LogP contribution < -0.4 is 5.32 Å². The zero-order valence-electron chi connectivity index (χ0n) is 13.8. The molecule has 0 bridgehead atoms. The Labute approximate surface area is 118 Å². The minimum atomic E-state index is 0.266. The fourth-order valence-corrected chi connectivity index (χ4v) is 2.86. The largest absolute Gasteiger partial charge is 0.309 e. The third kappa shape index (κ3) is 4.32. The predicted molar refractivity (Wildman–Crippen MR) is 81.4 cm³/mol. The van der Waals surface area contributed by atoms with E-state index in [2.05, 4.69) is 64.0 Å². The molecule has 0 aliphatic carbocycles. The lowest BCUT2D eigenvalue weighted by Crippen LogP contribution is -2.38. The van der Waals surface area contributed by atoms with Crippen molar-refractivity contribution in [3.05, 3.63) is 17.0 Å². The fourth-order valence-electron chi connectivity index (χ4n) is 2.86. The van der Waals surface area contributed by atoms with Gasteiger partial charge in [0.05, 0.1) is 5.69 Å². The smallest absolute Gasteiger partial charge is 0.0644 e. The van der Waals surface area contributed by atoms with Gasteiger partial charge in [-0.05, 0) is 40.3 Å². The van der Waals surface area contributed by atoms with Crippen LogP contribution in [0.15, 0.2) is 0 Å². The van der Waals surface area contributed by atoms with E-state index in [1.807, 2.05) is 11.7 Å². The molecule has 1 rings (SSSR count). The molecule has 1 aromatic rings. The Hall–Kier alpha value is -0.870. The van der Waals surface area contributed by atoms with Crippen LogP contribution in [0.4, 0.5) is 0 Å². The first-order valence-corrected chi connectivity index (χ1v) is 7.02. The molecule has 19 heavy (non-hydrogen) atoms. The molecule has 0 saturated heterocycles. The zero-order valence-corrected chi connectivity index (χ0v) is 13.8. The standard InChI is InChI=1S/C15H30N4/c1-11(14-12(2)17-19(8)13(14)3)16-9-15(4,5)10-18(6)7/h11,16H,9-10H2,1-8H3. The lowest BCUT2D eigenvalue weighted by molar-refractivity contribution is 0.226. The molecule has 1 heterocycles. The van der Waals surface area contributed by atoms with E-state index in [-0.39, 0.29) is 5.41 Å². The van der Waals surface area contributed by atoms with Gasteiger partial charge in [-0.15, -0.1) is 0 Å². The molecule has 0 aliphatic heterocycles. The zero-order chi connectivity index (χ0) is 14.8. The average Bonchev–Trinajstić information content (AvgIpc) is 2.48. The Morgan fingerprint density at radius 1 is 1.32 bits per heavy atom. The summed E-state index contributed by atoms with van der Waals surface area (Å²) in [6, 6.07) is 0.343. The molecule has 110 valence electrons. The highest BCUT2D eigenvalue weighted by Gasteiger charge is 2.22. The molecule has 1 unspecified atom stereocenters. The van der Waals surface area contributed by atoms with Crippen molar-refractivity contribution in [3.8, 4) is 0 Å². The lowest BCUT2D eigenvalue weighted by Gasteiger charge is -2.30. The van der Waals surface area contributed by atoms with E-state index in [1.165, 1.54) is 11.3 Å². The highest BCUT2D eigenvalue weighted by atomic mass is 15.3. The van der Waals surface area contributed by atoms with Gasteiger partial charge < -0.3 is 10.2 Å². The maximum atomic E-state index is 4.49. The van der Waals surface area contributed by atoms with Crippen molar-refractivity contribution in [2.45, 2.75) is 40.7 Å². The van der Waals surface area contributed by atoms with E-state index in [0.717, 1.165) is 18.8 Å². The van der Waals surface area contributed by atoms with Crippen LogP contribution in [0.1, 0.15) is 43.8 Å². The molecule has 0 aromatic carbocycles. The summed E-state index contributed by atoms with van der Waals surface area (Å²) in [7, 11) is 6.26. The van der Waals surface area contributed by atoms with Gasteiger partial charge in [-0.25, -0.2) is 0 Å². The summed E-state index contributed by atoms with van der Waals surface area (Å²) < 4.78 is 1.97. The molecular formula is C15H30N4. The van der Waals surface area contributed by atoms with E-state index < -0.39 is 0 Å². The van der Waals surface area contributed by atoms with Gasteiger partial charge in [-0.1, -0.05) is 13.8 Å². The molecule has 1 atom stereocenters.